The van der Waals surface area contributed by atoms with Gasteiger partial charge in [0, 0.05) is 38.4 Å². The Morgan fingerprint density at radius 3 is 2.72 bits per heavy atom. The number of benzene rings is 1. The van der Waals surface area contributed by atoms with E-state index in [0.717, 1.165) is 57.0 Å². The Bertz CT molecular complexity index is 596. The first-order valence-corrected chi connectivity index (χ1v) is 9.16. The van der Waals surface area contributed by atoms with Crippen molar-refractivity contribution in [2.24, 2.45) is 11.3 Å². The summed E-state index contributed by atoms with van der Waals surface area (Å²) in [6.45, 7) is 4.38. The summed E-state index contributed by atoms with van der Waals surface area (Å²) in [4.78, 5) is 17.3. The van der Waals surface area contributed by atoms with E-state index in [2.05, 4.69) is 23.9 Å². The molecule has 2 fully saturated rings. The summed E-state index contributed by atoms with van der Waals surface area (Å²) in [7, 11) is 5.89. The molecule has 5 nitrogen and oxygen atoms in total. The SMILES string of the molecule is COc1ccccc1CC(=O)N1CC(CN(C)C)C2(CCOCC2)C1. The molecule has 0 saturated carbocycles. The second-order valence-electron chi connectivity index (χ2n) is 7.70. The average Bonchev–Trinajstić information content (AvgIpc) is 2.93. The lowest BCUT2D eigenvalue weighted by Gasteiger charge is -2.38. The van der Waals surface area contributed by atoms with E-state index < -0.39 is 0 Å². The molecular formula is C20H30N2O3. The van der Waals surface area contributed by atoms with Gasteiger partial charge < -0.3 is 19.3 Å². The first-order valence-electron chi connectivity index (χ1n) is 9.16. The normalized spacial score (nSPS) is 22.6. The van der Waals surface area contributed by atoms with E-state index in [1.165, 1.54) is 0 Å². The van der Waals surface area contributed by atoms with Gasteiger partial charge in [0.15, 0.2) is 0 Å². The first-order chi connectivity index (χ1) is 12.0. The summed E-state index contributed by atoms with van der Waals surface area (Å²) < 4.78 is 11.0. The molecule has 138 valence electrons. The van der Waals surface area contributed by atoms with Crippen LogP contribution >= 0.6 is 0 Å². The van der Waals surface area contributed by atoms with Crippen LogP contribution in [-0.4, -0.2) is 69.8 Å². The molecule has 2 aliphatic heterocycles. The molecule has 2 saturated heterocycles. The highest BCUT2D eigenvalue weighted by atomic mass is 16.5. The van der Waals surface area contributed by atoms with Crippen LogP contribution in [-0.2, 0) is 16.0 Å². The van der Waals surface area contributed by atoms with E-state index >= 15 is 0 Å². The van der Waals surface area contributed by atoms with Crippen molar-refractivity contribution < 1.29 is 14.3 Å². The van der Waals surface area contributed by atoms with Gasteiger partial charge in [0.2, 0.25) is 5.91 Å². The van der Waals surface area contributed by atoms with E-state index in [4.69, 9.17) is 9.47 Å². The molecule has 2 aliphatic rings. The Labute approximate surface area is 150 Å². The largest absolute Gasteiger partial charge is 0.496 e. The topological polar surface area (TPSA) is 42.0 Å². The van der Waals surface area contributed by atoms with Gasteiger partial charge in [-0.15, -0.1) is 0 Å². The molecule has 0 aliphatic carbocycles. The Kier molecular flexibility index (Phi) is 5.64. The molecule has 0 bridgehead atoms. The van der Waals surface area contributed by atoms with Crippen LogP contribution in [0.5, 0.6) is 5.75 Å². The maximum atomic E-state index is 13.0. The van der Waals surface area contributed by atoms with E-state index in [1.54, 1.807) is 7.11 Å². The van der Waals surface area contributed by atoms with Gasteiger partial charge in [0.1, 0.15) is 5.75 Å². The van der Waals surface area contributed by atoms with Crippen molar-refractivity contribution in [3.8, 4) is 5.75 Å². The maximum Gasteiger partial charge on any atom is 0.227 e. The van der Waals surface area contributed by atoms with E-state index in [1.807, 2.05) is 24.3 Å². The van der Waals surface area contributed by atoms with Crippen molar-refractivity contribution >= 4 is 5.91 Å². The Hall–Kier alpha value is -1.59. The number of rotatable bonds is 5. The van der Waals surface area contributed by atoms with Crippen molar-refractivity contribution in [1.82, 2.24) is 9.80 Å². The summed E-state index contributed by atoms with van der Waals surface area (Å²) in [6.07, 6.45) is 2.53. The number of carbonyl (C=O) groups excluding carboxylic acids is 1. The third-order valence-corrected chi connectivity index (χ3v) is 5.77. The molecule has 0 N–H and O–H groups in total. The molecule has 1 aromatic rings. The van der Waals surface area contributed by atoms with Gasteiger partial charge in [-0.05, 0) is 44.3 Å². The van der Waals surface area contributed by atoms with Crippen LogP contribution in [0.25, 0.3) is 0 Å². The number of likely N-dealkylation sites (tertiary alicyclic amines) is 1. The number of nitrogens with zero attached hydrogens (tertiary/aromatic N) is 2. The van der Waals surface area contributed by atoms with Crippen molar-refractivity contribution in [3.05, 3.63) is 29.8 Å². The average molecular weight is 346 g/mol. The number of ether oxygens (including phenoxy) is 2. The smallest absolute Gasteiger partial charge is 0.227 e. The zero-order valence-electron chi connectivity index (χ0n) is 15.7. The van der Waals surface area contributed by atoms with Gasteiger partial charge >= 0.3 is 0 Å². The van der Waals surface area contributed by atoms with Crippen LogP contribution < -0.4 is 4.74 Å². The van der Waals surface area contributed by atoms with Crippen molar-refractivity contribution in [2.75, 3.05) is 54.1 Å². The standard InChI is InChI=1S/C20H30N2O3/c1-21(2)13-17-14-22(15-20(17)8-10-25-11-9-20)19(23)12-16-6-4-5-7-18(16)24-3/h4-7,17H,8-15H2,1-3H3. The molecule has 1 amide bonds. The van der Waals surface area contributed by atoms with Crippen LogP contribution in [0.4, 0.5) is 0 Å². The Morgan fingerprint density at radius 1 is 1.32 bits per heavy atom. The zero-order valence-corrected chi connectivity index (χ0v) is 15.7. The minimum atomic E-state index is 0.205. The third-order valence-electron chi connectivity index (χ3n) is 5.77. The summed E-state index contributed by atoms with van der Waals surface area (Å²) in [6, 6.07) is 7.80. The first kappa shape index (κ1) is 18.2. The number of amides is 1. The monoisotopic (exact) mass is 346 g/mol. The van der Waals surface area contributed by atoms with Crippen LogP contribution in [0, 0.1) is 11.3 Å². The summed E-state index contributed by atoms with van der Waals surface area (Å²) in [5.74, 6) is 1.52. The highest BCUT2D eigenvalue weighted by Gasteiger charge is 2.48. The number of hydrogen-bond acceptors (Lipinski definition) is 4. The van der Waals surface area contributed by atoms with Gasteiger partial charge in [-0.25, -0.2) is 0 Å². The number of hydrogen-bond donors (Lipinski definition) is 0. The van der Waals surface area contributed by atoms with E-state index in [9.17, 15) is 4.79 Å². The molecule has 1 unspecified atom stereocenters. The lowest BCUT2D eigenvalue weighted by molar-refractivity contribution is -0.130. The lowest BCUT2D eigenvalue weighted by atomic mass is 9.72. The minimum absolute atomic E-state index is 0.205. The van der Waals surface area contributed by atoms with Crippen LogP contribution in [0.2, 0.25) is 0 Å². The second-order valence-corrected chi connectivity index (χ2v) is 7.70. The number of para-hydroxylation sites is 1. The molecule has 25 heavy (non-hydrogen) atoms. The predicted octanol–water partition coefficient (Wildman–Crippen LogP) is 2.05. The molecule has 5 heteroatoms. The number of methoxy groups -OCH3 is 1. The Morgan fingerprint density at radius 2 is 2.04 bits per heavy atom. The highest BCUT2D eigenvalue weighted by molar-refractivity contribution is 5.80. The predicted molar refractivity (Wildman–Crippen MR) is 97.8 cm³/mol. The number of carbonyl (C=O) groups is 1. The molecule has 1 spiro atoms. The van der Waals surface area contributed by atoms with Gasteiger partial charge in [-0.2, -0.15) is 0 Å². The lowest BCUT2D eigenvalue weighted by Crippen LogP contribution is -2.41. The molecule has 3 rings (SSSR count). The fourth-order valence-electron chi connectivity index (χ4n) is 4.38. The molecule has 1 atom stereocenters. The van der Waals surface area contributed by atoms with E-state index in [-0.39, 0.29) is 11.3 Å². The summed E-state index contributed by atoms with van der Waals surface area (Å²) in [5.41, 5.74) is 1.19. The van der Waals surface area contributed by atoms with Gasteiger partial charge in [-0.3, -0.25) is 4.79 Å². The second kappa shape index (κ2) is 7.75. The summed E-state index contributed by atoms with van der Waals surface area (Å²) in [5, 5.41) is 0. The third kappa shape index (κ3) is 3.98. The molecule has 0 aromatic heterocycles. The minimum Gasteiger partial charge on any atom is -0.496 e. The zero-order chi connectivity index (χ0) is 17.9. The van der Waals surface area contributed by atoms with E-state index in [0.29, 0.717) is 12.3 Å². The summed E-state index contributed by atoms with van der Waals surface area (Å²) >= 11 is 0. The molecule has 1 aromatic carbocycles. The quantitative estimate of drug-likeness (QED) is 0.818. The van der Waals surface area contributed by atoms with Gasteiger partial charge in [0.05, 0.1) is 13.5 Å². The van der Waals surface area contributed by atoms with Crippen LogP contribution in [0.1, 0.15) is 18.4 Å². The van der Waals surface area contributed by atoms with Crippen LogP contribution in [0.3, 0.4) is 0 Å². The maximum absolute atomic E-state index is 13.0. The van der Waals surface area contributed by atoms with Crippen molar-refractivity contribution in [1.29, 1.82) is 0 Å². The molecular weight excluding hydrogens is 316 g/mol. The van der Waals surface area contributed by atoms with Gasteiger partial charge in [-0.1, -0.05) is 18.2 Å². The molecule has 2 heterocycles. The molecule has 0 radical (unpaired) electrons. The fraction of sp³-hybridized carbons (Fsp3) is 0.650. The van der Waals surface area contributed by atoms with Crippen molar-refractivity contribution in [2.45, 2.75) is 19.3 Å². The highest BCUT2D eigenvalue weighted by Crippen LogP contribution is 2.44. The van der Waals surface area contributed by atoms with Gasteiger partial charge in [0.25, 0.3) is 0 Å². The van der Waals surface area contributed by atoms with Crippen molar-refractivity contribution in [3.63, 3.8) is 0 Å². The van der Waals surface area contributed by atoms with Crippen LogP contribution in [0.15, 0.2) is 24.3 Å². The fourth-order valence-corrected chi connectivity index (χ4v) is 4.38. The Balaban J connectivity index is 1.72.